The Bertz CT molecular complexity index is 464. The van der Waals surface area contributed by atoms with Crippen molar-refractivity contribution in [1.29, 1.82) is 0 Å². The van der Waals surface area contributed by atoms with Gasteiger partial charge in [0, 0.05) is 17.2 Å². The van der Waals surface area contributed by atoms with Gasteiger partial charge in [-0.25, -0.2) is 0 Å². The second-order valence-corrected chi connectivity index (χ2v) is 5.91. The van der Waals surface area contributed by atoms with Gasteiger partial charge in [-0.15, -0.1) is 35.0 Å². The Labute approximate surface area is 131 Å². The van der Waals surface area contributed by atoms with E-state index >= 15 is 0 Å². The smallest absolute Gasteiger partial charge is 0.318 e. The Kier molecular flexibility index (Phi) is 7.19. The molecule has 1 N–H and O–H groups in total. The van der Waals surface area contributed by atoms with E-state index in [1.165, 1.54) is 7.11 Å². The Balaban J connectivity index is 2.83. The highest BCUT2D eigenvalue weighted by atomic mass is 35.5. The number of thioether (sulfide) groups is 1. The third-order valence-corrected chi connectivity index (χ3v) is 4.79. The number of ether oxygens (including phenoxy) is 1. The zero-order chi connectivity index (χ0) is 15.1. The first kappa shape index (κ1) is 17.1. The molecule has 7 heteroatoms. The SMILES string of the molecule is COc1ccc(C(=O)[C@H](Cl)[C@H](SCCCl)C(=O)O)cc1. The molecule has 0 amide bonds. The number of aliphatic carboxylic acids is 1. The van der Waals surface area contributed by atoms with Crippen LogP contribution in [0.1, 0.15) is 10.4 Å². The second kappa shape index (κ2) is 8.39. The molecule has 0 heterocycles. The first-order valence-electron chi connectivity index (χ1n) is 5.74. The average Bonchev–Trinajstić information content (AvgIpc) is 2.46. The fraction of sp³-hybridized carbons (Fsp3) is 0.385. The molecule has 20 heavy (non-hydrogen) atoms. The third-order valence-electron chi connectivity index (χ3n) is 2.51. The van der Waals surface area contributed by atoms with Crippen LogP contribution < -0.4 is 4.74 Å². The van der Waals surface area contributed by atoms with Gasteiger partial charge in [-0.2, -0.15) is 0 Å². The number of alkyl halides is 2. The number of rotatable bonds is 8. The second-order valence-electron chi connectivity index (χ2n) is 3.81. The Morgan fingerprint density at radius 3 is 2.40 bits per heavy atom. The minimum absolute atomic E-state index is 0.300. The standard InChI is InChI=1S/C13H14Cl2O4S/c1-19-9-4-2-8(3-5-9)11(16)10(15)12(13(17)18)20-7-6-14/h2-5,10,12H,6-7H2,1H3,(H,17,18)/t10-,12-/m0/s1. The molecule has 0 saturated carbocycles. The molecule has 0 unspecified atom stereocenters. The number of hydrogen-bond donors (Lipinski definition) is 1. The number of carboxylic acids is 1. The van der Waals surface area contributed by atoms with Gasteiger partial charge in [0.15, 0.2) is 5.78 Å². The molecule has 0 saturated heterocycles. The first-order valence-corrected chi connectivity index (χ1v) is 7.76. The fourth-order valence-corrected chi connectivity index (χ4v) is 3.00. The van der Waals surface area contributed by atoms with Gasteiger partial charge in [-0.05, 0) is 24.3 Å². The minimum atomic E-state index is -1.14. The minimum Gasteiger partial charge on any atom is -0.497 e. The van der Waals surface area contributed by atoms with E-state index < -0.39 is 22.4 Å². The van der Waals surface area contributed by atoms with E-state index in [2.05, 4.69) is 0 Å². The number of carbonyl (C=O) groups excluding carboxylic acids is 1. The topological polar surface area (TPSA) is 63.6 Å². The summed E-state index contributed by atoms with van der Waals surface area (Å²) in [6.07, 6.45) is 0. The molecular formula is C13H14Cl2O4S. The van der Waals surface area contributed by atoms with E-state index in [4.69, 9.17) is 33.0 Å². The number of ketones is 1. The number of hydrogen-bond acceptors (Lipinski definition) is 4. The highest BCUT2D eigenvalue weighted by Crippen LogP contribution is 2.24. The molecule has 0 aliphatic carbocycles. The molecule has 0 bridgehead atoms. The van der Waals surface area contributed by atoms with Gasteiger partial charge in [0.25, 0.3) is 0 Å². The van der Waals surface area contributed by atoms with Crippen molar-refractivity contribution >= 4 is 46.7 Å². The van der Waals surface area contributed by atoms with Gasteiger partial charge in [0.1, 0.15) is 16.4 Å². The molecule has 2 atom stereocenters. The van der Waals surface area contributed by atoms with Crippen LogP contribution in [0.3, 0.4) is 0 Å². The van der Waals surface area contributed by atoms with Crippen LogP contribution in [-0.4, -0.2) is 46.2 Å². The normalized spacial score (nSPS) is 13.6. The Morgan fingerprint density at radius 2 is 1.95 bits per heavy atom. The van der Waals surface area contributed by atoms with Crippen LogP contribution in [0.5, 0.6) is 5.75 Å². The highest BCUT2D eigenvalue weighted by molar-refractivity contribution is 8.00. The number of halogens is 2. The summed E-state index contributed by atoms with van der Waals surface area (Å²) in [5.41, 5.74) is 0.350. The summed E-state index contributed by atoms with van der Waals surface area (Å²) >= 11 is 12.6. The molecule has 4 nitrogen and oxygen atoms in total. The maximum Gasteiger partial charge on any atom is 0.318 e. The summed E-state index contributed by atoms with van der Waals surface area (Å²) in [7, 11) is 1.52. The Hall–Kier alpha value is -0.910. The predicted octanol–water partition coefficient (Wildman–Crippen LogP) is 2.91. The van der Waals surface area contributed by atoms with E-state index in [1.54, 1.807) is 24.3 Å². The van der Waals surface area contributed by atoms with Crippen molar-refractivity contribution in [1.82, 2.24) is 0 Å². The van der Waals surface area contributed by atoms with Gasteiger partial charge in [0.05, 0.1) is 7.11 Å². The van der Waals surface area contributed by atoms with Crippen LogP contribution in [0.15, 0.2) is 24.3 Å². The van der Waals surface area contributed by atoms with Gasteiger partial charge in [0.2, 0.25) is 0 Å². The lowest BCUT2D eigenvalue weighted by Gasteiger charge is -2.16. The lowest BCUT2D eigenvalue weighted by Crippen LogP contribution is -2.34. The van der Waals surface area contributed by atoms with Crippen LogP contribution in [0.25, 0.3) is 0 Å². The van der Waals surface area contributed by atoms with Crippen LogP contribution in [0, 0.1) is 0 Å². The van der Waals surface area contributed by atoms with E-state index in [-0.39, 0.29) is 0 Å². The summed E-state index contributed by atoms with van der Waals surface area (Å²) in [4.78, 5) is 23.3. The number of carboxylic acid groups (broad SMARTS) is 1. The summed E-state index contributed by atoms with van der Waals surface area (Å²) in [6, 6.07) is 6.36. The predicted molar refractivity (Wildman–Crippen MR) is 81.6 cm³/mol. The molecule has 0 aliphatic heterocycles. The van der Waals surface area contributed by atoms with E-state index in [0.29, 0.717) is 22.9 Å². The van der Waals surface area contributed by atoms with Crippen molar-refractivity contribution in [2.45, 2.75) is 10.6 Å². The monoisotopic (exact) mass is 336 g/mol. The summed E-state index contributed by atoms with van der Waals surface area (Å²) < 4.78 is 4.99. The fourth-order valence-electron chi connectivity index (χ4n) is 1.50. The molecule has 1 aromatic carbocycles. The maximum absolute atomic E-state index is 12.2. The molecule has 0 aromatic heterocycles. The van der Waals surface area contributed by atoms with Crippen LogP contribution in [0.2, 0.25) is 0 Å². The van der Waals surface area contributed by atoms with E-state index in [9.17, 15) is 9.59 Å². The molecule has 110 valence electrons. The molecule has 1 aromatic rings. The number of Topliss-reactive ketones (excluding diaryl/α,β-unsaturated/α-hetero) is 1. The lowest BCUT2D eigenvalue weighted by atomic mass is 10.1. The van der Waals surface area contributed by atoms with Crippen molar-refractivity contribution in [3.63, 3.8) is 0 Å². The van der Waals surface area contributed by atoms with Crippen molar-refractivity contribution in [2.24, 2.45) is 0 Å². The van der Waals surface area contributed by atoms with E-state index in [0.717, 1.165) is 11.8 Å². The largest absolute Gasteiger partial charge is 0.497 e. The summed E-state index contributed by atoms with van der Waals surface area (Å²) in [5.74, 6) is -0.225. The maximum atomic E-state index is 12.2. The third kappa shape index (κ3) is 4.58. The molecule has 0 spiro atoms. The lowest BCUT2D eigenvalue weighted by molar-refractivity contribution is -0.136. The molecule has 1 rings (SSSR count). The zero-order valence-corrected chi connectivity index (χ0v) is 13.0. The van der Waals surface area contributed by atoms with Gasteiger partial charge in [-0.1, -0.05) is 0 Å². The molecular weight excluding hydrogens is 323 g/mol. The highest BCUT2D eigenvalue weighted by Gasteiger charge is 2.32. The Morgan fingerprint density at radius 1 is 1.35 bits per heavy atom. The summed E-state index contributed by atoms with van der Waals surface area (Å²) in [5, 5.41) is 6.96. The van der Waals surface area contributed by atoms with Crippen molar-refractivity contribution in [3.8, 4) is 5.75 Å². The van der Waals surface area contributed by atoms with Crippen LogP contribution in [-0.2, 0) is 4.79 Å². The number of benzene rings is 1. The van der Waals surface area contributed by atoms with Crippen molar-refractivity contribution < 1.29 is 19.4 Å². The number of methoxy groups -OCH3 is 1. The van der Waals surface area contributed by atoms with Gasteiger partial charge < -0.3 is 9.84 Å². The quantitative estimate of drug-likeness (QED) is 0.584. The number of carbonyl (C=O) groups is 2. The zero-order valence-electron chi connectivity index (χ0n) is 10.7. The molecule has 0 fully saturated rings. The van der Waals surface area contributed by atoms with Crippen molar-refractivity contribution in [3.05, 3.63) is 29.8 Å². The average molecular weight is 337 g/mol. The van der Waals surface area contributed by atoms with E-state index in [1.807, 2.05) is 0 Å². The van der Waals surface area contributed by atoms with Gasteiger partial charge in [-0.3, -0.25) is 9.59 Å². The summed E-state index contributed by atoms with van der Waals surface area (Å²) in [6.45, 7) is 0. The molecule has 0 radical (unpaired) electrons. The van der Waals surface area contributed by atoms with Crippen LogP contribution >= 0.6 is 35.0 Å². The first-order chi connectivity index (χ1) is 9.51. The molecule has 0 aliphatic rings. The van der Waals surface area contributed by atoms with Crippen LogP contribution in [0.4, 0.5) is 0 Å². The van der Waals surface area contributed by atoms with Gasteiger partial charge >= 0.3 is 5.97 Å². The van der Waals surface area contributed by atoms with Crippen molar-refractivity contribution in [2.75, 3.05) is 18.7 Å².